The van der Waals surface area contributed by atoms with E-state index >= 15 is 0 Å². The Kier molecular flexibility index (Phi) is 4.97. The van der Waals surface area contributed by atoms with Crippen molar-refractivity contribution in [3.8, 4) is 16.3 Å². The Bertz CT molecular complexity index is 1300. The highest BCUT2D eigenvalue weighted by Crippen LogP contribution is 2.33. The first-order chi connectivity index (χ1) is 13.9. The van der Waals surface area contributed by atoms with Gasteiger partial charge in [0, 0.05) is 11.3 Å². The number of thiazole rings is 1. The van der Waals surface area contributed by atoms with Gasteiger partial charge in [0.25, 0.3) is 10.0 Å². The topological polar surface area (TPSA) is 68.3 Å². The molecule has 0 radical (unpaired) electrons. The number of aromatic nitrogens is 1. The number of benzene rings is 3. The molecule has 5 nitrogen and oxygen atoms in total. The third-order valence-electron chi connectivity index (χ3n) is 4.42. The molecule has 1 N–H and O–H groups in total. The fourth-order valence-electron chi connectivity index (χ4n) is 2.83. The summed E-state index contributed by atoms with van der Waals surface area (Å²) in [6.07, 6.45) is 0. The zero-order valence-corrected chi connectivity index (χ0v) is 17.3. The molecule has 4 rings (SSSR count). The van der Waals surface area contributed by atoms with E-state index in [1.54, 1.807) is 19.2 Å². The first kappa shape index (κ1) is 19.4. The molecular formula is C21H17FN2O3S2. The smallest absolute Gasteiger partial charge is 0.261 e. The van der Waals surface area contributed by atoms with Crippen LogP contribution < -0.4 is 9.46 Å². The average molecular weight is 429 g/mol. The fraction of sp³-hybridized carbons (Fsp3) is 0.0952. The normalized spacial score (nSPS) is 11.6. The molecule has 1 aromatic heterocycles. The summed E-state index contributed by atoms with van der Waals surface area (Å²) in [5.74, 6) is 0.329. The van der Waals surface area contributed by atoms with Crippen LogP contribution >= 0.6 is 11.3 Å². The average Bonchev–Trinajstić information content (AvgIpc) is 3.13. The standard InChI is InChI=1S/C21H17FN2O3S2/c1-13-11-17(8-9-18(13)22)29(25,26)24-15-5-3-14(4-6-15)21-23-19-10-7-16(27-2)12-20(19)28-21/h3-12,24H,1-2H3. The first-order valence-electron chi connectivity index (χ1n) is 8.70. The molecule has 0 bridgehead atoms. The SMILES string of the molecule is COc1ccc2nc(-c3ccc(NS(=O)(=O)c4ccc(F)c(C)c4)cc3)sc2c1. The van der Waals surface area contributed by atoms with E-state index in [9.17, 15) is 12.8 Å². The number of aryl methyl sites for hydroxylation is 1. The van der Waals surface area contributed by atoms with Crippen LogP contribution in [0.1, 0.15) is 5.56 Å². The van der Waals surface area contributed by atoms with Crippen molar-refractivity contribution in [1.82, 2.24) is 4.98 Å². The van der Waals surface area contributed by atoms with E-state index in [1.807, 2.05) is 30.3 Å². The Morgan fingerprint density at radius 3 is 2.48 bits per heavy atom. The van der Waals surface area contributed by atoms with Gasteiger partial charge >= 0.3 is 0 Å². The number of hydrogen-bond acceptors (Lipinski definition) is 5. The summed E-state index contributed by atoms with van der Waals surface area (Å²) in [6, 6.07) is 16.4. The number of rotatable bonds is 5. The minimum Gasteiger partial charge on any atom is -0.497 e. The molecule has 1 heterocycles. The van der Waals surface area contributed by atoms with Gasteiger partial charge in [-0.25, -0.2) is 17.8 Å². The maximum atomic E-state index is 13.4. The van der Waals surface area contributed by atoms with Crippen LogP contribution in [0.2, 0.25) is 0 Å². The molecule has 8 heteroatoms. The largest absolute Gasteiger partial charge is 0.497 e. The second-order valence-corrected chi connectivity index (χ2v) is 9.16. The summed E-state index contributed by atoms with van der Waals surface area (Å²) in [7, 11) is -2.18. The van der Waals surface area contributed by atoms with Gasteiger partial charge in [-0.15, -0.1) is 11.3 Å². The molecule has 0 aliphatic heterocycles. The second-order valence-electron chi connectivity index (χ2n) is 6.45. The summed E-state index contributed by atoms with van der Waals surface area (Å²) in [5, 5.41) is 0.830. The van der Waals surface area contributed by atoms with Crippen molar-refractivity contribution >= 4 is 37.3 Å². The molecule has 148 valence electrons. The summed E-state index contributed by atoms with van der Waals surface area (Å²) in [6.45, 7) is 1.52. The number of fused-ring (bicyclic) bond motifs is 1. The zero-order valence-electron chi connectivity index (χ0n) is 15.6. The van der Waals surface area contributed by atoms with Crippen molar-refractivity contribution in [2.45, 2.75) is 11.8 Å². The van der Waals surface area contributed by atoms with Crippen molar-refractivity contribution in [1.29, 1.82) is 0 Å². The molecular weight excluding hydrogens is 411 g/mol. The molecule has 0 unspecified atom stereocenters. The van der Waals surface area contributed by atoms with Crippen LogP contribution in [-0.2, 0) is 10.0 Å². The molecule has 0 aliphatic rings. The Morgan fingerprint density at radius 2 is 1.79 bits per heavy atom. The van der Waals surface area contributed by atoms with Crippen LogP contribution in [0.5, 0.6) is 5.75 Å². The number of anilines is 1. The van der Waals surface area contributed by atoms with Crippen molar-refractivity contribution in [3.63, 3.8) is 0 Å². The van der Waals surface area contributed by atoms with E-state index in [4.69, 9.17) is 4.74 Å². The monoisotopic (exact) mass is 428 g/mol. The van der Waals surface area contributed by atoms with E-state index < -0.39 is 15.8 Å². The molecule has 0 saturated heterocycles. The maximum absolute atomic E-state index is 13.4. The highest BCUT2D eigenvalue weighted by Gasteiger charge is 2.16. The maximum Gasteiger partial charge on any atom is 0.261 e. The minimum atomic E-state index is -3.80. The van der Waals surface area contributed by atoms with Crippen molar-refractivity contribution < 1.29 is 17.5 Å². The minimum absolute atomic E-state index is 0.0144. The molecule has 0 atom stereocenters. The van der Waals surface area contributed by atoms with Gasteiger partial charge in [-0.3, -0.25) is 4.72 Å². The number of halogens is 1. The van der Waals surface area contributed by atoms with Gasteiger partial charge < -0.3 is 4.74 Å². The highest BCUT2D eigenvalue weighted by atomic mass is 32.2. The Balaban J connectivity index is 1.58. The number of methoxy groups -OCH3 is 1. The number of nitrogens with zero attached hydrogens (tertiary/aromatic N) is 1. The van der Waals surface area contributed by atoms with Crippen LogP contribution in [0.15, 0.2) is 65.6 Å². The van der Waals surface area contributed by atoms with Crippen LogP contribution in [0, 0.1) is 12.7 Å². The quantitative estimate of drug-likeness (QED) is 0.473. The van der Waals surface area contributed by atoms with Crippen LogP contribution in [0.3, 0.4) is 0 Å². The van der Waals surface area contributed by atoms with E-state index in [0.29, 0.717) is 5.69 Å². The predicted molar refractivity (Wildman–Crippen MR) is 114 cm³/mol. The van der Waals surface area contributed by atoms with Crippen molar-refractivity contribution in [2.75, 3.05) is 11.8 Å². The molecule has 0 saturated carbocycles. The lowest BCUT2D eigenvalue weighted by Crippen LogP contribution is -2.13. The van der Waals surface area contributed by atoms with Gasteiger partial charge in [0.15, 0.2) is 0 Å². The van der Waals surface area contributed by atoms with Gasteiger partial charge in [-0.05, 0) is 73.2 Å². The fourth-order valence-corrected chi connectivity index (χ4v) is 4.98. The lowest BCUT2D eigenvalue weighted by atomic mass is 10.2. The third kappa shape index (κ3) is 3.94. The van der Waals surface area contributed by atoms with Crippen LogP contribution in [0.4, 0.5) is 10.1 Å². The lowest BCUT2D eigenvalue weighted by molar-refractivity contribution is 0.415. The molecule has 0 aliphatic carbocycles. The lowest BCUT2D eigenvalue weighted by Gasteiger charge is -2.09. The summed E-state index contributed by atoms with van der Waals surface area (Å²) in [5.41, 5.74) is 2.45. The van der Waals surface area contributed by atoms with Crippen LogP contribution in [-0.4, -0.2) is 20.5 Å². The molecule has 0 fully saturated rings. The van der Waals surface area contributed by atoms with Gasteiger partial charge in [0.05, 0.1) is 22.2 Å². The third-order valence-corrected chi connectivity index (χ3v) is 6.87. The molecule has 29 heavy (non-hydrogen) atoms. The van der Waals surface area contributed by atoms with Gasteiger partial charge in [-0.1, -0.05) is 0 Å². The molecule has 4 aromatic rings. The highest BCUT2D eigenvalue weighted by molar-refractivity contribution is 7.92. The van der Waals surface area contributed by atoms with Crippen molar-refractivity contribution in [3.05, 3.63) is 72.0 Å². The van der Waals surface area contributed by atoms with Gasteiger partial charge in [-0.2, -0.15) is 0 Å². The molecule has 0 amide bonds. The zero-order chi connectivity index (χ0) is 20.6. The van der Waals surface area contributed by atoms with Crippen LogP contribution in [0.25, 0.3) is 20.8 Å². The van der Waals surface area contributed by atoms with E-state index in [-0.39, 0.29) is 10.5 Å². The summed E-state index contributed by atoms with van der Waals surface area (Å²) < 4.78 is 47.3. The number of hydrogen-bond donors (Lipinski definition) is 1. The van der Waals surface area contributed by atoms with E-state index in [0.717, 1.165) is 32.6 Å². The Labute approximate surface area is 171 Å². The predicted octanol–water partition coefficient (Wildman–Crippen LogP) is 5.22. The Hall–Kier alpha value is -2.97. The van der Waals surface area contributed by atoms with E-state index in [1.165, 1.54) is 30.4 Å². The van der Waals surface area contributed by atoms with Gasteiger partial charge in [0.2, 0.25) is 0 Å². The number of nitrogens with one attached hydrogen (secondary N) is 1. The molecule has 3 aromatic carbocycles. The van der Waals surface area contributed by atoms with Gasteiger partial charge in [0.1, 0.15) is 16.6 Å². The second kappa shape index (κ2) is 7.46. The number of sulfonamides is 1. The summed E-state index contributed by atoms with van der Waals surface area (Å²) in [4.78, 5) is 4.63. The Morgan fingerprint density at radius 1 is 1.03 bits per heavy atom. The molecule has 0 spiro atoms. The summed E-state index contributed by atoms with van der Waals surface area (Å²) >= 11 is 1.53. The first-order valence-corrected chi connectivity index (χ1v) is 11.0. The van der Waals surface area contributed by atoms with E-state index in [2.05, 4.69) is 9.71 Å². The van der Waals surface area contributed by atoms with Crippen molar-refractivity contribution in [2.24, 2.45) is 0 Å². The number of ether oxygens (including phenoxy) is 1.